The number of H-pyrrole nitrogens is 1. The molecule has 4 rings (SSSR count). The van der Waals surface area contributed by atoms with Crippen molar-refractivity contribution in [1.29, 1.82) is 0 Å². The number of aromatic amines is 1. The molecule has 2 aliphatic heterocycles. The van der Waals surface area contributed by atoms with E-state index in [0.29, 0.717) is 17.1 Å². The third-order valence-corrected chi connectivity index (χ3v) is 5.18. The maximum absolute atomic E-state index is 12.5. The molecule has 0 bridgehead atoms. The molecule has 0 aromatic carbocycles. The number of nitrogens with zero attached hydrogens (tertiary/aromatic N) is 4. The van der Waals surface area contributed by atoms with E-state index < -0.39 is 0 Å². The largest absolute Gasteiger partial charge is 0.350 e. The number of imidazole rings is 1. The lowest BCUT2D eigenvalue weighted by atomic mass is 10.2. The summed E-state index contributed by atoms with van der Waals surface area (Å²) in [6.45, 7) is 4.17. The van der Waals surface area contributed by atoms with Crippen LogP contribution in [0.3, 0.4) is 0 Å². The summed E-state index contributed by atoms with van der Waals surface area (Å²) >= 11 is 1.57. The van der Waals surface area contributed by atoms with E-state index in [1.165, 1.54) is 6.33 Å². The lowest BCUT2D eigenvalue weighted by Gasteiger charge is -2.27. The zero-order valence-electron chi connectivity index (χ0n) is 13.7. The molecule has 0 spiro atoms. The number of piperazine rings is 1. The van der Waals surface area contributed by atoms with Crippen LogP contribution < -0.4 is 20.9 Å². The highest BCUT2D eigenvalue weighted by Crippen LogP contribution is 2.27. The fourth-order valence-corrected chi connectivity index (χ4v) is 3.83. The highest BCUT2D eigenvalue weighted by atomic mass is 32.2. The number of anilines is 1. The van der Waals surface area contributed by atoms with Crippen LogP contribution >= 0.6 is 11.8 Å². The van der Waals surface area contributed by atoms with E-state index in [1.54, 1.807) is 18.1 Å². The smallest absolute Gasteiger partial charge is 0.259 e. The molecule has 1 saturated heterocycles. The molecule has 4 heterocycles. The summed E-state index contributed by atoms with van der Waals surface area (Å²) < 4.78 is 0. The van der Waals surface area contributed by atoms with E-state index in [9.17, 15) is 4.79 Å². The molecule has 132 valence electrons. The third-order valence-electron chi connectivity index (χ3n) is 4.20. The summed E-state index contributed by atoms with van der Waals surface area (Å²) in [6.07, 6.45) is 4.96. The van der Waals surface area contributed by atoms with Gasteiger partial charge in [0, 0.05) is 50.7 Å². The van der Waals surface area contributed by atoms with Gasteiger partial charge in [-0.1, -0.05) is 0 Å². The Hall–Kier alpha value is -2.17. The number of rotatable bonds is 4. The fraction of sp³-hybridized carbons (Fsp3) is 0.467. The van der Waals surface area contributed by atoms with Gasteiger partial charge in [-0.05, 0) is 0 Å². The number of thioether (sulfide) groups is 1. The Bertz CT molecular complexity index is 785. The Kier molecular flexibility index (Phi) is 4.81. The van der Waals surface area contributed by atoms with Crippen molar-refractivity contribution in [2.45, 2.75) is 6.04 Å². The number of fused-ring (bicyclic) bond motifs is 1. The Labute approximate surface area is 149 Å². The van der Waals surface area contributed by atoms with Crippen LogP contribution in [-0.2, 0) is 4.79 Å². The monoisotopic (exact) mass is 360 g/mol. The van der Waals surface area contributed by atoms with Gasteiger partial charge in [-0.2, -0.15) is 0 Å². The SMILES string of the molecule is O=C(NCC1CNCCN1)C1=CN(c2ncnc3nc[nH]c23)CCS1. The second-order valence-electron chi connectivity index (χ2n) is 5.90. The molecule has 25 heavy (non-hydrogen) atoms. The van der Waals surface area contributed by atoms with E-state index in [0.717, 1.165) is 43.3 Å². The standard InChI is InChI=1S/C15H20N8OS/c24-15(18-6-10-5-16-1-2-17-10)11-7-23(3-4-25-11)14-12-13(20-8-19-12)21-9-22-14/h7-10,16-17H,1-6H2,(H,18,24)(H,19,20,21,22). The van der Waals surface area contributed by atoms with Crippen molar-refractivity contribution in [3.8, 4) is 0 Å². The van der Waals surface area contributed by atoms with Crippen molar-refractivity contribution in [2.75, 3.05) is 43.4 Å². The summed E-state index contributed by atoms with van der Waals surface area (Å²) in [5, 5.41) is 9.72. The minimum atomic E-state index is -0.0445. The first kappa shape index (κ1) is 16.3. The minimum absolute atomic E-state index is 0.0445. The molecule has 2 aromatic heterocycles. The molecule has 1 unspecified atom stereocenters. The lowest BCUT2D eigenvalue weighted by Crippen LogP contribution is -2.53. The highest BCUT2D eigenvalue weighted by molar-refractivity contribution is 8.04. The Morgan fingerprint density at radius 2 is 2.32 bits per heavy atom. The molecule has 4 N–H and O–H groups in total. The van der Waals surface area contributed by atoms with Gasteiger partial charge in [0.05, 0.1) is 11.2 Å². The van der Waals surface area contributed by atoms with Crippen molar-refractivity contribution in [2.24, 2.45) is 0 Å². The van der Waals surface area contributed by atoms with Gasteiger partial charge >= 0.3 is 0 Å². The predicted molar refractivity (Wildman–Crippen MR) is 97.2 cm³/mol. The maximum Gasteiger partial charge on any atom is 0.259 e. The van der Waals surface area contributed by atoms with E-state index >= 15 is 0 Å². The molecular weight excluding hydrogens is 340 g/mol. The molecule has 1 fully saturated rings. The molecule has 0 aliphatic carbocycles. The molecule has 1 amide bonds. The number of aromatic nitrogens is 4. The topological polar surface area (TPSA) is 111 Å². The summed E-state index contributed by atoms with van der Waals surface area (Å²) in [4.78, 5) is 30.9. The number of nitrogens with one attached hydrogen (secondary N) is 4. The number of amides is 1. The maximum atomic E-state index is 12.5. The van der Waals surface area contributed by atoms with Gasteiger partial charge in [-0.15, -0.1) is 11.8 Å². The van der Waals surface area contributed by atoms with Crippen LogP contribution in [0.1, 0.15) is 0 Å². The number of hydrogen-bond acceptors (Lipinski definition) is 8. The van der Waals surface area contributed by atoms with Crippen molar-refractivity contribution >= 4 is 34.7 Å². The van der Waals surface area contributed by atoms with Crippen molar-refractivity contribution in [3.05, 3.63) is 23.8 Å². The van der Waals surface area contributed by atoms with Gasteiger partial charge in [0.1, 0.15) is 11.8 Å². The molecular formula is C15H20N8OS. The molecule has 2 aromatic rings. The molecule has 0 radical (unpaired) electrons. The molecule has 0 saturated carbocycles. The van der Waals surface area contributed by atoms with Crippen molar-refractivity contribution < 1.29 is 4.79 Å². The van der Waals surface area contributed by atoms with Crippen LogP contribution in [0.15, 0.2) is 23.8 Å². The molecule has 9 nitrogen and oxygen atoms in total. The number of carbonyl (C=O) groups excluding carboxylic acids is 1. The van der Waals surface area contributed by atoms with Crippen LogP contribution in [-0.4, -0.2) is 70.4 Å². The zero-order valence-corrected chi connectivity index (χ0v) is 14.5. The third kappa shape index (κ3) is 3.60. The van der Waals surface area contributed by atoms with E-state index in [2.05, 4.69) is 35.9 Å². The van der Waals surface area contributed by atoms with Crippen LogP contribution in [0.4, 0.5) is 5.82 Å². The first-order valence-corrected chi connectivity index (χ1v) is 9.27. The lowest BCUT2D eigenvalue weighted by molar-refractivity contribution is -0.116. The van der Waals surface area contributed by atoms with Crippen LogP contribution in [0.2, 0.25) is 0 Å². The Morgan fingerprint density at radius 1 is 1.36 bits per heavy atom. The van der Waals surface area contributed by atoms with Gasteiger partial charge in [-0.3, -0.25) is 4.79 Å². The second-order valence-corrected chi connectivity index (χ2v) is 7.04. The number of carbonyl (C=O) groups is 1. The average Bonchev–Trinajstić information content (AvgIpc) is 3.16. The zero-order chi connectivity index (χ0) is 17.1. The summed E-state index contributed by atoms with van der Waals surface area (Å²) in [6, 6.07) is 0.273. The summed E-state index contributed by atoms with van der Waals surface area (Å²) in [7, 11) is 0. The average molecular weight is 360 g/mol. The van der Waals surface area contributed by atoms with Gasteiger partial charge < -0.3 is 25.8 Å². The van der Waals surface area contributed by atoms with Crippen LogP contribution in [0, 0.1) is 0 Å². The van der Waals surface area contributed by atoms with E-state index in [4.69, 9.17) is 0 Å². The van der Waals surface area contributed by atoms with Gasteiger partial charge in [0.2, 0.25) is 0 Å². The van der Waals surface area contributed by atoms with Gasteiger partial charge in [0.15, 0.2) is 11.5 Å². The fourth-order valence-electron chi connectivity index (χ4n) is 2.92. The first-order valence-electron chi connectivity index (χ1n) is 8.29. The van der Waals surface area contributed by atoms with Gasteiger partial charge in [-0.25, -0.2) is 15.0 Å². The molecule has 2 aliphatic rings. The summed E-state index contributed by atoms with van der Waals surface area (Å²) in [5.41, 5.74) is 1.40. The highest BCUT2D eigenvalue weighted by Gasteiger charge is 2.22. The van der Waals surface area contributed by atoms with E-state index in [-0.39, 0.29) is 11.9 Å². The Morgan fingerprint density at radius 3 is 3.20 bits per heavy atom. The second kappa shape index (κ2) is 7.38. The minimum Gasteiger partial charge on any atom is -0.350 e. The van der Waals surface area contributed by atoms with Crippen molar-refractivity contribution in [3.63, 3.8) is 0 Å². The molecule has 10 heteroatoms. The molecule has 1 atom stereocenters. The Balaban J connectivity index is 1.46. The predicted octanol–water partition coefficient (Wildman–Crippen LogP) is -0.575. The van der Waals surface area contributed by atoms with Crippen molar-refractivity contribution in [1.82, 2.24) is 35.9 Å². The van der Waals surface area contributed by atoms with E-state index in [1.807, 2.05) is 11.1 Å². The van der Waals surface area contributed by atoms with Crippen LogP contribution in [0.25, 0.3) is 11.2 Å². The van der Waals surface area contributed by atoms with Crippen LogP contribution in [0.5, 0.6) is 0 Å². The van der Waals surface area contributed by atoms with Gasteiger partial charge in [0.25, 0.3) is 5.91 Å². The normalized spacial score (nSPS) is 21.2. The first-order chi connectivity index (χ1) is 12.3. The summed E-state index contributed by atoms with van der Waals surface area (Å²) in [5.74, 6) is 1.52. The number of hydrogen-bond donors (Lipinski definition) is 4. The quantitative estimate of drug-likeness (QED) is 0.573.